The van der Waals surface area contributed by atoms with Crippen LogP contribution in [-0.4, -0.2) is 63.8 Å². The van der Waals surface area contributed by atoms with Crippen LogP contribution in [0.1, 0.15) is 18.4 Å². The number of hydrogen-bond donors (Lipinski definition) is 2. The van der Waals surface area contributed by atoms with Gasteiger partial charge in [-0.3, -0.25) is 4.99 Å². The third-order valence-corrected chi connectivity index (χ3v) is 4.90. The lowest BCUT2D eigenvalue weighted by atomic mass is 9.96. The summed E-state index contributed by atoms with van der Waals surface area (Å²) in [6.45, 7) is 4.53. The first-order chi connectivity index (χ1) is 11.2. The molecule has 3 rings (SSSR count). The Morgan fingerprint density at radius 2 is 2.04 bits per heavy atom. The maximum atomic E-state index is 5.78. The summed E-state index contributed by atoms with van der Waals surface area (Å²) in [6.07, 6.45) is 2.73. The van der Waals surface area contributed by atoms with Crippen LogP contribution in [0.3, 0.4) is 0 Å². The highest BCUT2D eigenvalue weighted by atomic mass is 127. The van der Waals surface area contributed by atoms with Crippen molar-refractivity contribution in [3.8, 4) is 0 Å². The van der Waals surface area contributed by atoms with Crippen molar-refractivity contribution in [1.29, 1.82) is 0 Å². The summed E-state index contributed by atoms with van der Waals surface area (Å²) in [7, 11) is 3.96. The summed E-state index contributed by atoms with van der Waals surface area (Å²) in [6, 6.07) is 10.8. The molecule has 0 radical (unpaired) electrons. The van der Waals surface area contributed by atoms with E-state index in [0.29, 0.717) is 5.41 Å². The molecule has 2 fully saturated rings. The zero-order chi connectivity index (χ0) is 16.1. The van der Waals surface area contributed by atoms with Crippen LogP contribution in [0.5, 0.6) is 0 Å². The van der Waals surface area contributed by atoms with Crippen LogP contribution in [-0.2, 0) is 10.2 Å². The lowest BCUT2D eigenvalue weighted by molar-refractivity contribution is -0.0161. The van der Waals surface area contributed by atoms with Gasteiger partial charge in [-0.25, -0.2) is 0 Å². The van der Waals surface area contributed by atoms with Gasteiger partial charge in [0.2, 0.25) is 0 Å². The van der Waals surface area contributed by atoms with Gasteiger partial charge in [-0.05, 0) is 25.5 Å². The highest BCUT2D eigenvalue weighted by Crippen LogP contribution is 2.47. The van der Waals surface area contributed by atoms with Crippen molar-refractivity contribution in [2.24, 2.45) is 4.99 Å². The number of rotatable bonds is 5. The van der Waals surface area contributed by atoms with Crippen molar-refractivity contribution in [2.75, 3.05) is 46.9 Å². The molecule has 1 saturated carbocycles. The quantitative estimate of drug-likeness (QED) is 0.414. The zero-order valence-corrected chi connectivity index (χ0v) is 17.0. The fourth-order valence-electron chi connectivity index (χ4n) is 3.18. The second kappa shape index (κ2) is 9.01. The van der Waals surface area contributed by atoms with Gasteiger partial charge in [-0.2, -0.15) is 0 Å². The van der Waals surface area contributed by atoms with Gasteiger partial charge < -0.3 is 20.3 Å². The standard InChI is InChI=1S/C18H28N4O.HI/c1-19-17(20-12-16-13-22(2)10-11-23-16)21-14-18(8-9-18)15-6-4-3-5-7-15;/h3-7,16H,8-14H2,1-2H3,(H2,19,20,21);1H. The molecule has 0 bridgehead atoms. The second-order valence-corrected chi connectivity index (χ2v) is 6.71. The normalized spacial score (nSPS) is 23.2. The Morgan fingerprint density at radius 1 is 1.29 bits per heavy atom. The summed E-state index contributed by atoms with van der Waals surface area (Å²) in [5.74, 6) is 0.865. The van der Waals surface area contributed by atoms with Gasteiger partial charge in [0.25, 0.3) is 0 Å². The van der Waals surface area contributed by atoms with Crippen LogP contribution < -0.4 is 10.6 Å². The van der Waals surface area contributed by atoms with E-state index in [1.807, 2.05) is 7.05 Å². The summed E-state index contributed by atoms with van der Waals surface area (Å²) in [5, 5.41) is 6.89. The number of likely N-dealkylation sites (N-methyl/N-ethyl adjacent to an activating group) is 1. The van der Waals surface area contributed by atoms with Crippen molar-refractivity contribution < 1.29 is 4.74 Å². The molecule has 6 heteroatoms. The van der Waals surface area contributed by atoms with Crippen LogP contribution in [0.4, 0.5) is 0 Å². The molecule has 1 aromatic rings. The monoisotopic (exact) mass is 444 g/mol. The third kappa shape index (κ3) is 5.07. The highest BCUT2D eigenvalue weighted by molar-refractivity contribution is 14.0. The van der Waals surface area contributed by atoms with Crippen LogP contribution >= 0.6 is 24.0 Å². The number of aliphatic imine (C=N–C) groups is 1. The van der Waals surface area contributed by atoms with Crippen LogP contribution in [0, 0.1) is 0 Å². The zero-order valence-electron chi connectivity index (χ0n) is 14.6. The van der Waals surface area contributed by atoms with Gasteiger partial charge in [0.15, 0.2) is 5.96 Å². The molecule has 2 aliphatic rings. The fourth-order valence-corrected chi connectivity index (χ4v) is 3.18. The Balaban J connectivity index is 0.00000208. The molecule has 0 spiro atoms. The molecule has 1 aromatic carbocycles. The first-order valence-corrected chi connectivity index (χ1v) is 8.52. The molecule has 2 N–H and O–H groups in total. The van der Waals surface area contributed by atoms with Crippen molar-refractivity contribution >= 4 is 29.9 Å². The van der Waals surface area contributed by atoms with Gasteiger partial charge in [-0.15, -0.1) is 24.0 Å². The van der Waals surface area contributed by atoms with E-state index in [4.69, 9.17) is 4.74 Å². The summed E-state index contributed by atoms with van der Waals surface area (Å²) < 4.78 is 5.78. The van der Waals surface area contributed by atoms with Crippen molar-refractivity contribution in [2.45, 2.75) is 24.4 Å². The Morgan fingerprint density at radius 3 is 2.67 bits per heavy atom. The molecule has 5 nitrogen and oxygen atoms in total. The van der Waals surface area contributed by atoms with Gasteiger partial charge in [0.1, 0.15) is 0 Å². The predicted octanol–water partition coefficient (Wildman–Crippen LogP) is 1.83. The Kier molecular flexibility index (Phi) is 7.31. The van der Waals surface area contributed by atoms with E-state index in [9.17, 15) is 0 Å². The van der Waals surface area contributed by atoms with Crippen molar-refractivity contribution in [3.05, 3.63) is 35.9 Å². The average molecular weight is 444 g/mol. The molecule has 0 amide bonds. The molecular weight excluding hydrogens is 415 g/mol. The molecule has 0 aromatic heterocycles. The van der Waals surface area contributed by atoms with E-state index >= 15 is 0 Å². The van der Waals surface area contributed by atoms with Gasteiger partial charge in [0, 0.05) is 38.6 Å². The van der Waals surface area contributed by atoms with E-state index in [2.05, 4.69) is 57.9 Å². The summed E-state index contributed by atoms with van der Waals surface area (Å²) >= 11 is 0. The minimum Gasteiger partial charge on any atom is -0.374 e. The number of nitrogens with zero attached hydrogens (tertiary/aromatic N) is 2. The smallest absolute Gasteiger partial charge is 0.191 e. The number of hydrogen-bond acceptors (Lipinski definition) is 3. The number of benzene rings is 1. The van der Waals surface area contributed by atoms with E-state index in [-0.39, 0.29) is 30.1 Å². The maximum Gasteiger partial charge on any atom is 0.191 e. The first kappa shape index (κ1) is 19.5. The molecule has 1 aliphatic heterocycles. The van der Waals surface area contributed by atoms with E-state index in [1.165, 1.54) is 18.4 Å². The SMILES string of the molecule is CN=C(NCC1CN(C)CCO1)NCC1(c2ccccc2)CC1.I. The number of nitrogens with one attached hydrogen (secondary N) is 2. The van der Waals surface area contributed by atoms with E-state index in [0.717, 1.165) is 38.7 Å². The van der Waals surface area contributed by atoms with E-state index < -0.39 is 0 Å². The van der Waals surface area contributed by atoms with Crippen LogP contribution in [0.2, 0.25) is 0 Å². The molecule has 1 unspecified atom stereocenters. The first-order valence-electron chi connectivity index (χ1n) is 8.52. The van der Waals surface area contributed by atoms with Gasteiger partial charge >= 0.3 is 0 Å². The predicted molar refractivity (Wildman–Crippen MR) is 109 cm³/mol. The lowest BCUT2D eigenvalue weighted by Gasteiger charge is -2.30. The summed E-state index contributed by atoms with van der Waals surface area (Å²) in [5.41, 5.74) is 1.72. The third-order valence-electron chi connectivity index (χ3n) is 4.90. The van der Waals surface area contributed by atoms with Crippen molar-refractivity contribution in [3.63, 3.8) is 0 Å². The molecule has 24 heavy (non-hydrogen) atoms. The molecule has 1 heterocycles. The van der Waals surface area contributed by atoms with Crippen LogP contribution in [0.15, 0.2) is 35.3 Å². The Bertz CT molecular complexity index is 533. The Labute approximate surface area is 162 Å². The molecule has 134 valence electrons. The Hall–Kier alpha value is -0.860. The average Bonchev–Trinajstić information content (AvgIpc) is 3.37. The number of ether oxygens (including phenoxy) is 1. The lowest BCUT2D eigenvalue weighted by Crippen LogP contribution is -2.49. The highest BCUT2D eigenvalue weighted by Gasteiger charge is 2.44. The minimum absolute atomic E-state index is 0. The molecule has 1 atom stereocenters. The van der Waals surface area contributed by atoms with Gasteiger partial charge in [-0.1, -0.05) is 30.3 Å². The summed E-state index contributed by atoms with van der Waals surface area (Å²) in [4.78, 5) is 6.65. The van der Waals surface area contributed by atoms with Gasteiger partial charge in [0.05, 0.1) is 12.7 Å². The number of morpholine rings is 1. The van der Waals surface area contributed by atoms with Crippen molar-refractivity contribution in [1.82, 2.24) is 15.5 Å². The number of guanidine groups is 1. The second-order valence-electron chi connectivity index (χ2n) is 6.71. The molecular formula is C18H29IN4O. The molecule has 1 aliphatic carbocycles. The maximum absolute atomic E-state index is 5.78. The van der Waals surface area contributed by atoms with Crippen LogP contribution in [0.25, 0.3) is 0 Å². The number of halogens is 1. The fraction of sp³-hybridized carbons (Fsp3) is 0.611. The minimum atomic E-state index is 0. The van der Waals surface area contributed by atoms with E-state index in [1.54, 1.807) is 0 Å². The molecule has 1 saturated heterocycles. The largest absolute Gasteiger partial charge is 0.374 e. The topological polar surface area (TPSA) is 48.9 Å².